The summed E-state index contributed by atoms with van der Waals surface area (Å²) in [5, 5.41) is 12.5. The van der Waals surface area contributed by atoms with E-state index in [9.17, 15) is 13.5 Å². The van der Waals surface area contributed by atoms with Crippen LogP contribution in [0, 0.1) is 0 Å². The number of hydrogen-bond acceptors (Lipinski definition) is 4. The van der Waals surface area contributed by atoms with Crippen LogP contribution in [0.1, 0.15) is 32.6 Å². The Kier molecular flexibility index (Phi) is 6.49. The maximum Gasteiger partial charge on any atom is 0.261 e. The molecule has 2 aromatic carbocycles. The van der Waals surface area contributed by atoms with Gasteiger partial charge in [-0.05, 0) is 55.0 Å². The van der Waals surface area contributed by atoms with Crippen molar-refractivity contribution in [3.8, 4) is 5.75 Å². The minimum absolute atomic E-state index is 0.0901. The molecular formula is C18H24N2O3S. The van der Waals surface area contributed by atoms with Crippen molar-refractivity contribution in [1.82, 2.24) is 0 Å². The number of nitrogens with one attached hydrogen (secondary N) is 2. The lowest BCUT2D eigenvalue weighted by Gasteiger charge is -2.10. The van der Waals surface area contributed by atoms with Crippen LogP contribution in [-0.4, -0.2) is 20.1 Å². The first-order valence-electron chi connectivity index (χ1n) is 8.17. The molecule has 0 spiro atoms. The van der Waals surface area contributed by atoms with Gasteiger partial charge in [-0.2, -0.15) is 0 Å². The second-order valence-corrected chi connectivity index (χ2v) is 7.35. The summed E-state index contributed by atoms with van der Waals surface area (Å²) in [6.07, 6.45) is 4.76. The highest BCUT2D eigenvalue weighted by molar-refractivity contribution is 7.92. The van der Waals surface area contributed by atoms with Crippen molar-refractivity contribution in [2.45, 2.75) is 37.5 Å². The molecule has 0 heterocycles. The van der Waals surface area contributed by atoms with E-state index in [0.29, 0.717) is 5.69 Å². The molecule has 0 aliphatic carbocycles. The molecule has 0 radical (unpaired) electrons. The predicted octanol–water partition coefficient (Wildman–Crippen LogP) is 4.19. The fraction of sp³-hybridized carbons (Fsp3) is 0.333. The Labute approximate surface area is 143 Å². The van der Waals surface area contributed by atoms with Crippen LogP contribution in [-0.2, 0) is 10.0 Å². The molecule has 2 rings (SSSR count). The summed E-state index contributed by atoms with van der Waals surface area (Å²) in [5.74, 6) is 0.0901. The molecule has 0 saturated carbocycles. The standard InChI is InChI=1S/C18H24N2O3S/c1-2-3-4-5-14-19-15-8-12-18(13-9-15)24(22,23)20-16-6-10-17(21)11-7-16/h6-13,19-21H,2-5,14H2,1H3. The van der Waals surface area contributed by atoms with Gasteiger partial charge in [-0.15, -0.1) is 0 Å². The third-order valence-electron chi connectivity index (χ3n) is 3.64. The lowest BCUT2D eigenvalue weighted by Crippen LogP contribution is -2.13. The molecule has 0 amide bonds. The number of aromatic hydroxyl groups is 1. The molecule has 130 valence electrons. The minimum atomic E-state index is -3.63. The molecule has 3 N–H and O–H groups in total. The van der Waals surface area contributed by atoms with Gasteiger partial charge in [0.15, 0.2) is 0 Å². The van der Waals surface area contributed by atoms with Gasteiger partial charge in [0, 0.05) is 17.9 Å². The van der Waals surface area contributed by atoms with E-state index in [2.05, 4.69) is 17.0 Å². The lowest BCUT2D eigenvalue weighted by molar-refractivity contribution is 0.475. The van der Waals surface area contributed by atoms with Crippen LogP contribution in [0.2, 0.25) is 0 Å². The molecule has 0 unspecified atom stereocenters. The van der Waals surface area contributed by atoms with Crippen LogP contribution >= 0.6 is 0 Å². The Morgan fingerprint density at radius 3 is 2.12 bits per heavy atom. The zero-order valence-corrected chi connectivity index (χ0v) is 14.6. The van der Waals surface area contributed by atoms with Crippen molar-refractivity contribution >= 4 is 21.4 Å². The first kappa shape index (κ1) is 18.1. The summed E-state index contributed by atoms with van der Waals surface area (Å²) in [6, 6.07) is 12.6. The maximum atomic E-state index is 12.3. The van der Waals surface area contributed by atoms with Crippen molar-refractivity contribution in [2.75, 3.05) is 16.6 Å². The second kappa shape index (κ2) is 8.59. The van der Waals surface area contributed by atoms with Crippen LogP contribution in [0.15, 0.2) is 53.4 Å². The molecule has 2 aromatic rings. The number of rotatable bonds is 9. The SMILES string of the molecule is CCCCCCNc1ccc(S(=O)(=O)Nc2ccc(O)cc2)cc1. The average molecular weight is 348 g/mol. The third-order valence-corrected chi connectivity index (χ3v) is 5.04. The number of benzene rings is 2. The number of unbranched alkanes of at least 4 members (excludes halogenated alkanes) is 3. The Balaban J connectivity index is 1.94. The summed E-state index contributed by atoms with van der Waals surface area (Å²) in [7, 11) is -3.63. The number of phenolic OH excluding ortho intramolecular Hbond substituents is 1. The molecule has 0 atom stereocenters. The van der Waals surface area contributed by atoms with Crippen molar-refractivity contribution < 1.29 is 13.5 Å². The lowest BCUT2D eigenvalue weighted by atomic mass is 10.2. The first-order valence-corrected chi connectivity index (χ1v) is 9.65. The number of anilines is 2. The minimum Gasteiger partial charge on any atom is -0.508 e. The van der Waals surface area contributed by atoms with Gasteiger partial charge in [-0.1, -0.05) is 26.2 Å². The van der Waals surface area contributed by atoms with E-state index in [1.807, 2.05) is 0 Å². The topological polar surface area (TPSA) is 78.4 Å². The van der Waals surface area contributed by atoms with Crippen LogP contribution in [0.4, 0.5) is 11.4 Å². The Bertz CT molecular complexity index is 726. The monoisotopic (exact) mass is 348 g/mol. The molecule has 5 nitrogen and oxygen atoms in total. The Morgan fingerprint density at radius 1 is 0.875 bits per heavy atom. The average Bonchev–Trinajstić information content (AvgIpc) is 2.57. The van der Waals surface area contributed by atoms with Gasteiger partial charge in [-0.3, -0.25) is 4.72 Å². The quantitative estimate of drug-likeness (QED) is 0.469. The second-order valence-electron chi connectivity index (χ2n) is 5.66. The molecule has 24 heavy (non-hydrogen) atoms. The molecular weight excluding hydrogens is 324 g/mol. The highest BCUT2D eigenvalue weighted by Crippen LogP contribution is 2.20. The van der Waals surface area contributed by atoms with Crippen LogP contribution in [0.3, 0.4) is 0 Å². The zero-order chi connectivity index (χ0) is 17.4. The van der Waals surface area contributed by atoms with Gasteiger partial charge in [0.1, 0.15) is 5.75 Å². The summed E-state index contributed by atoms with van der Waals surface area (Å²) >= 11 is 0. The fourth-order valence-electron chi connectivity index (χ4n) is 2.28. The van der Waals surface area contributed by atoms with E-state index in [1.165, 1.54) is 43.5 Å². The molecule has 0 aromatic heterocycles. The van der Waals surface area contributed by atoms with E-state index >= 15 is 0 Å². The summed E-state index contributed by atoms with van der Waals surface area (Å²) < 4.78 is 27.2. The Hall–Kier alpha value is -2.21. The van der Waals surface area contributed by atoms with E-state index in [1.54, 1.807) is 24.3 Å². The van der Waals surface area contributed by atoms with Crippen LogP contribution in [0.25, 0.3) is 0 Å². The molecule has 0 aliphatic heterocycles. The Morgan fingerprint density at radius 2 is 1.50 bits per heavy atom. The van der Waals surface area contributed by atoms with E-state index in [4.69, 9.17) is 0 Å². The van der Waals surface area contributed by atoms with Gasteiger partial charge < -0.3 is 10.4 Å². The molecule has 0 bridgehead atoms. The fourth-order valence-corrected chi connectivity index (χ4v) is 3.34. The molecule has 0 aliphatic rings. The van der Waals surface area contributed by atoms with Crippen molar-refractivity contribution in [3.05, 3.63) is 48.5 Å². The summed E-state index contributed by atoms with van der Waals surface area (Å²) in [5.41, 5.74) is 1.32. The van der Waals surface area contributed by atoms with Crippen molar-refractivity contribution in [1.29, 1.82) is 0 Å². The van der Waals surface area contributed by atoms with E-state index in [-0.39, 0.29) is 10.6 Å². The zero-order valence-electron chi connectivity index (χ0n) is 13.8. The third kappa shape index (κ3) is 5.45. The van der Waals surface area contributed by atoms with Gasteiger partial charge in [0.25, 0.3) is 10.0 Å². The molecule has 0 saturated heterocycles. The van der Waals surface area contributed by atoms with Crippen LogP contribution < -0.4 is 10.0 Å². The van der Waals surface area contributed by atoms with Crippen LogP contribution in [0.5, 0.6) is 5.75 Å². The smallest absolute Gasteiger partial charge is 0.261 e. The van der Waals surface area contributed by atoms with Gasteiger partial charge >= 0.3 is 0 Å². The van der Waals surface area contributed by atoms with Gasteiger partial charge in [0.2, 0.25) is 0 Å². The number of sulfonamides is 1. The predicted molar refractivity (Wildman–Crippen MR) is 98.0 cm³/mol. The van der Waals surface area contributed by atoms with Crippen molar-refractivity contribution in [2.24, 2.45) is 0 Å². The highest BCUT2D eigenvalue weighted by atomic mass is 32.2. The number of phenols is 1. The summed E-state index contributed by atoms with van der Waals surface area (Å²) in [6.45, 7) is 3.07. The maximum absolute atomic E-state index is 12.3. The number of hydrogen-bond donors (Lipinski definition) is 3. The molecule has 6 heteroatoms. The first-order chi connectivity index (χ1) is 11.5. The van der Waals surface area contributed by atoms with Gasteiger partial charge in [-0.25, -0.2) is 8.42 Å². The van der Waals surface area contributed by atoms with E-state index < -0.39 is 10.0 Å². The highest BCUT2D eigenvalue weighted by Gasteiger charge is 2.13. The normalized spacial score (nSPS) is 11.2. The molecule has 0 fully saturated rings. The van der Waals surface area contributed by atoms with Crippen molar-refractivity contribution in [3.63, 3.8) is 0 Å². The van der Waals surface area contributed by atoms with Gasteiger partial charge in [0.05, 0.1) is 4.90 Å². The largest absolute Gasteiger partial charge is 0.508 e. The van der Waals surface area contributed by atoms with E-state index in [0.717, 1.165) is 18.7 Å². The summed E-state index contributed by atoms with van der Waals surface area (Å²) in [4.78, 5) is 0.201.